The highest BCUT2D eigenvalue weighted by Crippen LogP contribution is 2.32. The summed E-state index contributed by atoms with van der Waals surface area (Å²) in [7, 11) is 3.92. The highest BCUT2D eigenvalue weighted by atomic mass is 35.5. The van der Waals surface area contributed by atoms with Gasteiger partial charge in [0.1, 0.15) is 18.1 Å². The SMILES string of the molecule is CN(C)c1ccc(NC(=O)C(c2c[nH]c3ccccc23)N(Cc2ccc(Cl)cc2)C(=O)Cn2nnc3ccccc32)cc1. The zero-order chi connectivity index (χ0) is 29.9. The average molecular weight is 592 g/mol. The highest BCUT2D eigenvalue weighted by Gasteiger charge is 2.34. The molecule has 0 aliphatic carbocycles. The Morgan fingerprint density at radius 1 is 0.930 bits per heavy atom. The number of aromatic amines is 1. The first-order valence-electron chi connectivity index (χ1n) is 13.8. The topological polar surface area (TPSA) is 99.2 Å². The quantitative estimate of drug-likeness (QED) is 0.214. The standard InChI is InChI=1S/C33H30ClN7O2/c1-39(2)25-17-15-24(16-18-25)36-33(43)32(27-19-35-28-8-4-3-7-26(27)28)40(20-22-11-13-23(34)14-12-22)31(42)21-41-30-10-6-5-9-29(30)37-38-41/h3-19,32,35H,20-21H2,1-2H3,(H,36,43). The van der Waals surface area contributed by atoms with Gasteiger partial charge in [0.2, 0.25) is 5.91 Å². The van der Waals surface area contributed by atoms with Crippen molar-refractivity contribution in [2.75, 3.05) is 24.3 Å². The molecule has 9 nitrogen and oxygen atoms in total. The molecule has 0 radical (unpaired) electrons. The predicted molar refractivity (Wildman–Crippen MR) is 170 cm³/mol. The van der Waals surface area contributed by atoms with Crippen LogP contribution in [0.2, 0.25) is 5.02 Å². The van der Waals surface area contributed by atoms with E-state index in [1.165, 1.54) is 0 Å². The summed E-state index contributed by atoms with van der Waals surface area (Å²) in [6, 6.07) is 29.1. The van der Waals surface area contributed by atoms with Gasteiger partial charge in [-0.1, -0.05) is 59.3 Å². The van der Waals surface area contributed by atoms with Crippen molar-refractivity contribution in [2.45, 2.75) is 19.1 Å². The van der Waals surface area contributed by atoms with Crippen LogP contribution in [0, 0.1) is 0 Å². The number of benzene rings is 4. The molecule has 1 atom stereocenters. The van der Waals surface area contributed by atoms with Crippen molar-refractivity contribution in [2.24, 2.45) is 0 Å². The third kappa shape index (κ3) is 5.93. The summed E-state index contributed by atoms with van der Waals surface area (Å²) in [6.45, 7) is 0.0670. The fraction of sp³-hybridized carbons (Fsp3) is 0.152. The Kier molecular flexibility index (Phi) is 7.81. The van der Waals surface area contributed by atoms with E-state index in [-0.39, 0.29) is 24.9 Å². The van der Waals surface area contributed by atoms with Gasteiger partial charge in [-0.25, -0.2) is 4.68 Å². The zero-order valence-electron chi connectivity index (χ0n) is 23.7. The Balaban J connectivity index is 1.42. The van der Waals surface area contributed by atoms with Gasteiger partial charge < -0.3 is 20.1 Å². The van der Waals surface area contributed by atoms with E-state index in [1.54, 1.807) is 27.9 Å². The number of anilines is 2. The van der Waals surface area contributed by atoms with E-state index in [0.29, 0.717) is 21.8 Å². The molecule has 10 heteroatoms. The molecule has 0 spiro atoms. The Hall–Kier alpha value is -5.15. The molecular weight excluding hydrogens is 562 g/mol. The fourth-order valence-electron chi connectivity index (χ4n) is 5.19. The lowest BCUT2D eigenvalue weighted by Gasteiger charge is -2.31. The molecule has 0 aliphatic rings. The number of hydrogen-bond acceptors (Lipinski definition) is 5. The largest absolute Gasteiger partial charge is 0.378 e. The summed E-state index contributed by atoms with van der Waals surface area (Å²) >= 11 is 6.17. The summed E-state index contributed by atoms with van der Waals surface area (Å²) in [5, 5.41) is 12.9. The maximum atomic E-state index is 14.3. The van der Waals surface area contributed by atoms with Gasteiger partial charge in [0.15, 0.2) is 0 Å². The smallest absolute Gasteiger partial charge is 0.251 e. The predicted octanol–water partition coefficient (Wildman–Crippen LogP) is 6.04. The minimum atomic E-state index is -0.970. The van der Waals surface area contributed by atoms with Gasteiger partial charge in [0, 0.05) is 59.7 Å². The molecule has 43 heavy (non-hydrogen) atoms. The van der Waals surface area contributed by atoms with Crippen LogP contribution in [0.1, 0.15) is 17.2 Å². The van der Waals surface area contributed by atoms with E-state index in [0.717, 1.165) is 27.7 Å². The van der Waals surface area contributed by atoms with Crippen molar-refractivity contribution < 1.29 is 9.59 Å². The van der Waals surface area contributed by atoms with Crippen LogP contribution in [-0.2, 0) is 22.7 Å². The number of aromatic nitrogens is 4. The molecule has 2 amide bonds. The fourth-order valence-corrected chi connectivity index (χ4v) is 5.31. The van der Waals surface area contributed by atoms with Crippen molar-refractivity contribution in [3.05, 3.63) is 119 Å². The zero-order valence-corrected chi connectivity index (χ0v) is 24.5. The maximum Gasteiger partial charge on any atom is 0.251 e. The lowest BCUT2D eigenvalue weighted by molar-refractivity contribution is -0.140. The Morgan fingerprint density at radius 2 is 1.65 bits per heavy atom. The molecule has 6 aromatic rings. The van der Waals surface area contributed by atoms with Gasteiger partial charge in [0.25, 0.3) is 5.91 Å². The number of nitrogens with one attached hydrogen (secondary N) is 2. The summed E-state index contributed by atoms with van der Waals surface area (Å²) in [5.41, 5.74) is 5.43. The summed E-state index contributed by atoms with van der Waals surface area (Å²) in [4.78, 5) is 35.4. The first-order valence-corrected chi connectivity index (χ1v) is 14.2. The number of fused-ring (bicyclic) bond motifs is 2. The van der Waals surface area contributed by atoms with Gasteiger partial charge in [-0.15, -0.1) is 5.10 Å². The van der Waals surface area contributed by atoms with Gasteiger partial charge in [-0.05, 0) is 60.2 Å². The van der Waals surface area contributed by atoms with E-state index >= 15 is 0 Å². The Morgan fingerprint density at radius 3 is 2.42 bits per heavy atom. The number of amides is 2. The lowest BCUT2D eigenvalue weighted by atomic mass is 10.0. The highest BCUT2D eigenvalue weighted by molar-refractivity contribution is 6.30. The molecule has 0 saturated carbocycles. The molecule has 0 saturated heterocycles. The average Bonchev–Trinajstić information content (AvgIpc) is 3.62. The number of rotatable bonds is 9. The number of halogens is 1. The second-order valence-corrected chi connectivity index (χ2v) is 10.9. The van der Waals surface area contributed by atoms with Crippen LogP contribution in [0.25, 0.3) is 21.9 Å². The first kappa shape index (κ1) is 28.0. The van der Waals surface area contributed by atoms with Crippen molar-refractivity contribution in [1.82, 2.24) is 24.9 Å². The molecule has 0 bridgehead atoms. The second-order valence-electron chi connectivity index (χ2n) is 10.5. The molecule has 2 N–H and O–H groups in total. The summed E-state index contributed by atoms with van der Waals surface area (Å²) < 4.78 is 1.57. The van der Waals surface area contributed by atoms with Gasteiger partial charge in [-0.3, -0.25) is 9.59 Å². The van der Waals surface area contributed by atoms with Crippen molar-refractivity contribution in [1.29, 1.82) is 0 Å². The van der Waals surface area contributed by atoms with E-state index < -0.39 is 6.04 Å². The molecule has 2 aromatic heterocycles. The molecule has 0 fully saturated rings. The molecule has 6 rings (SSSR count). The van der Waals surface area contributed by atoms with Crippen LogP contribution in [0.15, 0.2) is 103 Å². The summed E-state index contributed by atoms with van der Waals surface area (Å²) in [6.07, 6.45) is 1.80. The van der Waals surface area contributed by atoms with Gasteiger partial charge in [0.05, 0.1) is 5.52 Å². The van der Waals surface area contributed by atoms with Crippen LogP contribution in [0.3, 0.4) is 0 Å². The number of hydrogen-bond donors (Lipinski definition) is 2. The molecule has 1 unspecified atom stereocenters. The molecule has 0 aliphatic heterocycles. The number of para-hydroxylation sites is 2. The van der Waals surface area contributed by atoms with Crippen LogP contribution in [-0.4, -0.2) is 50.8 Å². The molecule has 4 aromatic carbocycles. The molecule has 216 valence electrons. The van der Waals surface area contributed by atoms with E-state index in [9.17, 15) is 9.59 Å². The van der Waals surface area contributed by atoms with Crippen molar-refractivity contribution in [3.8, 4) is 0 Å². The Bertz CT molecular complexity index is 1890. The third-order valence-corrected chi connectivity index (χ3v) is 7.67. The molecule has 2 heterocycles. The third-order valence-electron chi connectivity index (χ3n) is 7.42. The second kappa shape index (κ2) is 12.0. The number of carbonyl (C=O) groups is 2. The molecular formula is C33H30ClN7O2. The lowest BCUT2D eigenvalue weighted by Crippen LogP contribution is -2.42. The monoisotopic (exact) mass is 591 g/mol. The van der Waals surface area contributed by atoms with Gasteiger partial charge in [-0.2, -0.15) is 0 Å². The van der Waals surface area contributed by atoms with Crippen LogP contribution in [0.5, 0.6) is 0 Å². The van der Waals surface area contributed by atoms with Crippen LogP contribution in [0.4, 0.5) is 11.4 Å². The minimum Gasteiger partial charge on any atom is -0.378 e. The van der Waals surface area contributed by atoms with E-state index in [1.807, 2.05) is 104 Å². The van der Waals surface area contributed by atoms with E-state index in [2.05, 4.69) is 20.6 Å². The van der Waals surface area contributed by atoms with Crippen molar-refractivity contribution in [3.63, 3.8) is 0 Å². The number of H-pyrrole nitrogens is 1. The number of carbonyl (C=O) groups excluding carboxylic acids is 2. The maximum absolute atomic E-state index is 14.3. The summed E-state index contributed by atoms with van der Waals surface area (Å²) in [5.74, 6) is -0.632. The minimum absolute atomic E-state index is 0.0994. The van der Waals surface area contributed by atoms with E-state index in [4.69, 9.17) is 11.6 Å². The first-order chi connectivity index (χ1) is 20.9. The normalized spacial score (nSPS) is 11.9. The Labute approximate surface area is 253 Å². The van der Waals surface area contributed by atoms with Gasteiger partial charge >= 0.3 is 0 Å². The van der Waals surface area contributed by atoms with Crippen molar-refractivity contribution >= 4 is 56.7 Å². The van der Waals surface area contributed by atoms with Crippen LogP contribution < -0.4 is 10.2 Å². The number of nitrogens with zero attached hydrogens (tertiary/aromatic N) is 5. The van der Waals surface area contributed by atoms with Crippen LogP contribution >= 0.6 is 11.6 Å².